The normalized spacial score (nSPS) is 16.9. The number of fused-ring (bicyclic) bond motifs is 6. The van der Waals surface area contributed by atoms with Crippen LogP contribution in [-0.2, 0) is 27.3 Å². The van der Waals surface area contributed by atoms with Crippen LogP contribution in [0, 0.1) is 0 Å². The van der Waals surface area contributed by atoms with Crippen LogP contribution in [0.3, 0.4) is 0 Å². The van der Waals surface area contributed by atoms with E-state index in [2.05, 4.69) is 115 Å². The van der Waals surface area contributed by atoms with Crippen molar-refractivity contribution in [2.24, 2.45) is 0 Å². The van der Waals surface area contributed by atoms with E-state index in [9.17, 15) is 0 Å². The number of hydrogen-bond donors (Lipinski definition) is 0. The molecule has 0 spiro atoms. The molecule has 0 radical (unpaired) electrons. The van der Waals surface area contributed by atoms with Crippen molar-refractivity contribution in [2.75, 3.05) is 0 Å². The van der Waals surface area contributed by atoms with E-state index in [1.54, 1.807) is 17.7 Å². The fraction of sp³-hybridized carbons (Fsp3) is 0.250. The van der Waals surface area contributed by atoms with Gasteiger partial charge in [-0.2, -0.15) is 0 Å². The van der Waals surface area contributed by atoms with Crippen LogP contribution in [0.15, 0.2) is 84.9 Å². The molecule has 0 bridgehead atoms. The van der Waals surface area contributed by atoms with E-state index in [0.717, 1.165) is 12.8 Å². The first-order chi connectivity index (χ1) is 16.1. The number of benzene rings is 4. The van der Waals surface area contributed by atoms with Gasteiger partial charge >= 0.3 is 201 Å². The van der Waals surface area contributed by atoms with Crippen LogP contribution < -0.4 is 6.54 Å². The third kappa shape index (κ3) is 2.52. The van der Waals surface area contributed by atoms with E-state index in [1.165, 1.54) is 41.6 Å². The molecule has 0 fully saturated rings. The van der Waals surface area contributed by atoms with Crippen LogP contribution in [0.2, 0.25) is 17.5 Å². The minimum atomic E-state index is -4.78. The van der Waals surface area contributed by atoms with E-state index < -0.39 is 14.4 Å². The monoisotopic (exact) mass is 538 g/mol. The van der Waals surface area contributed by atoms with Crippen molar-refractivity contribution < 1.29 is 14.4 Å². The molecule has 2 aliphatic rings. The fourth-order valence-electron chi connectivity index (χ4n) is 7.64. The van der Waals surface area contributed by atoms with Gasteiger partial charge in [0.1, 0.15) is 0 Å². The molecule has 0 heterocycles. The first-order valence-corrected chi connectivity index (χ1v) is 29.8. The molecule has 0 amide bonds. The Morgan fingerprint density at radius 3 is 1.35 bits per heavy atom. The first kappa shape index (κ1) is 22.4. The average Bonchev–Trinajstić information content (AvgIpc) is 3.43. The summed E-state index contributed by atoms with van der Waals surface area (Å²) in [5.74, 6) is 0. The maximum atomic E-state index is 2.78. The van der Waals surface area contributed by atoms with Crippen LogP contribution in [0.1, 0.15) is 36.1 Å². The molecule has 0 unspecified atom stereocenters. The molecule has 0 saturated heterocycles. The van der Waals surface area contributed by atoms with E-state index in [1.807, 2.05) is 0 Å². The SMILES string of the molecule is C[CH2][Zr]([CH3])([CH3])(=[SiH2])([CH2]C)([c]1cccc2c1Cc1ccccc1-2)[c]1cccc2c1Cc1ccccc1-2. The van der Waals surface area contributed by atoms with Gasteiger partial charge in [0.05, 0.1) is 0 Å². The topological polar surface area (TPSA) is 0 Å². The zero-order valence-electron chi connectivity index (χ0n) is 21.1. The van der Waals surface area contributed by atoms with Gasteiger partial charge in [0, 0.05) is 0 Å². The van der Waals surface area contributed by atoms with Crippen LogP contribution in [-0.4, -0.2) is 6.88 Å². The second-order valence-corrected chi connectivity index (χ2v) is 65.5. The molecular formula is C32H36SiZr. The van der Waals surface area contributed by atoms with Crippen molar-refractivity contribution in [3.63, 3.8) is 0 Å². The molecule has 0 atom stereocenters. The molecule has 2 heteroatoms. The Kier molecular flexibility index (Phi) is 4.10. The van der Waals surface area contributed by atoms with Crippen molar-refractivity contribution >= 4 is 13.4 Å². The van der Waals surface area contributed by atoms with Crippen molar-refractivity contribution in [3.05, 3.63) is 107 Å². The average molecular weight is 540 g/mol. The molecule has 4 aromatic rings. The van der Waals surface area contributed by atoms with Crippen molar-refractivity contribution in [1.29, 1.82) is 0 Å². The van der Waals surface area contributed by atoms with Gasteiger partial charge in [0.2, 0.25) is 0 Å². The van der Waals surface area contributed by atoms with Crippen molar-refractivity contribution in [2.45, 2.75) is 44.2 Å². The van der Waals surface area contributed by atoms with E-state index in [0.29, 0.717) is 0 Å². The maximum absolute atomic E-state index is 4.78. The molecule has 0 N–H and O–H groups in total. The Hall–Kier alpha value is -2.02. The first-order valence-electron chi connectivity index (χ1n) is 13.0. The molecule has 34 heavy (non-hydrogen) atoms. The van der Waals surface area contributed by atoms with E-state index in [-0.39, 0.29) is 0 Å². The van der Waals surface area contributed by atoms with E-state index in [4.69, 9.17) is 0 Å². The van der Waals surface area contributed by atoms with Gasteiger partial charge in [-0.05, 0) is 0 Å². The summed E-state index contributed by atoms with van der Waals surface area (Å²) in [5, 5.41) is 0. The summed E-state index contributed by atoms with van der Waals surface area (Å²) in [6.45, 7) is 7.46. The standard InChI is InChI=1S/2C13H9.2C2H5.2CH3.H2Si.Zr/c2*1-3-7-12-10(5-1)9-11-6-2-4-8-13(11)12;2*1-2;;;;/h2*1-5,7-8H,9H2;2*1H2,2H3;2*1H3;1H2;. The summed E-state index contributed by atoms with van der Waals surface area (Å²) in [7, 11) is 0. The molecule has 6 rings (SSSR count). The van der Waals surface area contributed by atoms with Crippen LogP contribution >= 0.6 is 0 Å². The molecule has 2 aliphatic carbocycles. The summed E-state index contributed by atoms with van der Waals surface area (Å²) in [5.41, 5.74) is 12.0. The predicted molar refractivity (Wildman–Crippen MR) is 150 cm³/mol. The van der Waals surface area contributed by atoms with Gasteiger partial charge in [-0.1, -0.05) is 0 Å². The summed E-state index contributed by atoms with van der Waals surface area (Å²) < 4.78 is 11.4. The van der Waals surface area contributed by atoms with Gasteiger partial charge < -0.3 is 0 Å². The third-order valence-electron chi connectivity index (χ3n) is 11.3. The van der Waals surface area contributed by atoms with Gasteiger partial charge in [-0.3, -0.25) is 0 Å². The van der Waals surface area contributed by atoms with Gasteiger partial charge in [0.15, 0.2) is 0 Å². The van der Waals surface area contributed by atoms with Crippen LogP contribution in [0.25, 0.3) is 22.3 Å². The molecule has 0 saturated carbocycles. The summed E-state index contributed by atoms with van der Waals surface area (Å²) in [6, 6.07) is 32.6. The second kappa shape index (κ2) is 6.21. The Bertz CT molecular complexity index is 1540. The van der Waals surface area contributed by atoms with Crippen LogP contribution in [0.5, 0.6) is 0 Å². The van der Waals surface area contributed by atoms with Gasteiger partial charge in [-0.25, -0.2) is 0 Å². The zero-order chi connectivity index (χ0) is 23.9. The summed E-state index contributed by atoms with van der Waals surface area (Å²) in [6.07, 6.45) is 2.12. The van der Waals surface area contributed by atoms with Gasteiger partial charge in [0.25, 0.3) is 0 Å². The number of hydrogen-bond acceptors (Lipinski definition) is 0. The Balaban J connectivity index is 1.75. The van der Waals surface area contributed by atoms with Crippen molar-refractivity contribution in [3.8, 4) is 22.3 Å². The Labute approximate surface area is 200 Å². The molecule has 0 aliphatic heterocycles. The molecule has 172 valence electrons. The fourth-order valence-corrected chi connectivity index (χ4v) is 29.5. The number of rotatable bonds is 4. The van der Waals surface area contributed by atoms with Crippen molar-refractivity contribution in [1.82, 2.24) is 0 Å². The zero-order valence-corrected chi connectivity index (χ0v) is 25.0. The third-order valence-corrected chi connectivity index (χ3v) is 51.6. The Morgan fingerprint density at radius 2 is 0.941 bits per heavy atom. The molecule has 0 nitrogen and oxygen atoms in total. The summed E-state index contributed by atoms with van der Waals surface area (Å²) in [4.78, 5) is 0. The Morgan fingerprint density at radius 1 is 0.559 bits per heavy atom. The van der Waals surface area contributed by atoms with Crippen LogP contribution in [0.4, 0.5) is 0 Å². The molecule has 4 aromatic carbocycles. The quantitative estimate of drug-likeness (QED) is 0.210. The predicted octanol–water partition coefficient (Wildman–Crippen LogP) is 7.06. The second-order valence-electron chi connectivity index (χ2n) is 13.6. The van der Waals surface area contributed by atoms with Gasteiger partial charge in [-0.15, -0.1) is 0 Å². The summed E-state index contributed by atoms with van der Waals surface area (Å²) >= 11 is -4.78. The molecular weight excluding hydrogens is 504 g/mol. The molecule has 0 aromatic heterocycles. The minimum absolute atomic E-state index is 1.06. The van der Waals surface area contributed by atoms with E-state index >= 15 is 0 Å².